The van der Waals surface area contributed by atoms with Crippen LogP contribution in [0.2, 0.25) is 0 Å². The zero-order valence-electron chi connectivity index (χ0n) is 40.5. The second-order valence-electron chi connectivity index (χ2n) is 21.7. The number of aromatic amines is 1. The Labute approximate surface area is 395 Å². The standard InChI is InChI=1S/C62H59N5/c1-59(2,3)41-29-34-50-46(37-41)55-49(60(4,5)6)33-30-45(57(55)64-50)58-65-56-44(24-19-25-51(56)66(58)43-22-15-12-16-23-43)39-27-31-47-52(36-39)67(54-26-17-18-35-63-54)53-38-42(28-32-48(53)62(47,9)10)61(7,8)40-20-13-11-14-21-40/h11-38,64H,1-10H3. The number of hydrogen-bond acceptors (Lipinski definition) is 3. The molecule has 1 aliphatic heterocycles. The van der Waals surface area contributed by atoms with Crippen molar-refractivity contribution < 1.29 is 0 Å². The van der Waals surface area contributed by atoms with Crippen molar-refractivity contribution in [1.29, 1.82) is 0 Å². The van der Waals surface area contributed by atoms with Gasteiger partial charge in [-0.25, -0.2) is 9.97 Å². The first-order valence-corrected chi connectivity index (χ1v) is 23.7. The van der Waals surface area contributed by atoms with Crippen LogP contribution < -0.4 is 4.90 Å². The Hall–Kier alpha value is -7.24. The van der Waals surface area contributed by atoms with E-state index in [1.807, 2.05) is 12.3 Å². The Morgan fingerprint density at radius 1 is 0.552 bits per heavy atom. The highest BCUT2D eigenvalue weighted by Gasteiger charge is 2.39. The molecule has 10 aromatic rings. The van der Waals surface area contributed by atoms with Gasteiger partial charge in [0, 0.05) is 50.1 Å². The zero-order valence-corrected chi connectivity index (χ0v) is 40.5. The molecule has 0 amide bonds. The summed E-state index contributed by atoms with van der Waals surface area (Å²) in [4.78, 5) is 17.1. The van der Waals surface area contributed by atoms with Crippen LogP contribution in [0.1, 0.15) is 103 Å². The van der Waals surface area contributed by atoms with Crippen LogP contribution in [0.25, 0.3) is 61.0 Å². The number of hydrogen-bond donors (Lipinski definition) is 1. The van der Waals surface area contributed by atoms with Crippen molar-refractivity contribution in [2.24, 2.45) is 0 Å². The monoisotopic (exact) mass is 873 g/mol. The van der Waals surface area contributed by atoms with Crippen molar-refractivity contribution in [2.45, 2.75) is 90.9 Å². The minimum absolute atomic E-state index is 0.0155. The highest BCUT2D eigenvalue weighted by molar-refractivity contribution is 6.14. The number of benzene rings is 7. The maximum atomic E-state index is 5.74. The summed E-state index contributed by atoms with van der Waals surface area (Å²) in [5.41, 5.74) is 18.0. The van der Waals surface area contributed by atoms with Crippen LogP contribution >= 0.6 is 0 Å². The largest absolute Gasteiger partial charge is 0.354 e. The van der Waals surface area contributed by atoms with Gasteiger partial charge < -0.3 is 4.98 Å². The van der Waals surface area contributed by atoms with Gasteiger partial charge in [-0.1, -0.05) is 172 Å². The summed E-state index contributed by atoms with van der Waals surface area (Å²) in [5, 5.41) is 2.52. The lowest BCUT2D eigenvalue weighted by Gasteiger charge is -2.42. The third-order valence-corrected chi connectivity index (χ3v) is 14.6. The average molecular weight is 874 g/mol. The fourth-order valence-corrected chi connectivity index (χ4v) is 10.7. The van der Waals surface area contributed by atoms with Crippen LogP contribution in [-0.2, 0) is 21.7 Å². The molecule has 1 N–H and O–H groups in total. The van der Waals surface area contributed by atoms with Crippen molar-refractivity contribution in [1.82, 2.24) is 19.5 Å². The van der Waals surface area contributed by atoms with Gasteiger partial charge in [0.05, 0.1) is 27.9 Å². The summed E-state index contributed by atoms with van der Waals surface area (Å²) in [5.74, 6) is 1.79. The van der Waals surface area contributed by atoms with E-state index in [9.17, 15) is 0 Å². The predicted octanol–water partition coefficient (Wildman–Crippen LogP) is 16.4. The minimum Gasteiger partial charge on any atom is -0.354 e. The van der Waals surface area contributed by atoms with E-state index in [0.29, 0.717) is 0 Å². The van der Waals surface area contributed by atoms with E-state index in [2.05, 4.69) is 241 Å². The lowest BCUT2D eigenvalue weighted by Crippen LogP contribution is -2.32. The Bertz CT molecular complexity index is 3520. The van der Waals surface area contributed by atoms with E-state index in [1.165, 1.54) is 44.2 Å². The Morgan fingerprint density at radius 2 is 1.24 bits per heavy atom. The van der Waals surface area contributed by atoms with Crippen molar-refractivity contribution >= 4 is 50.0 Å². The Morgan fingerprint density at radius 3 is 1.94 bits per heavy atom. The molecule has 0 radical (unpaired) electrons. The third kappa shape index (κ3) is 6.81. The van der Waals surface area contributed by atoms with Gasteiger partial charge in [0.2, 0.25) is 0 Å². The summed E-state index contributed by atoms with van der Waals surface area (Å²) in [6, 6.07) is 60.0. The molecule has 11 rings (SSSR count). The molecule has 0 spiro atoms. The Kier molecular flexibility index (Phi) is 9.59. The van der Waals surface area contributed by atoms with Crippen LogP contribution in [0.15, 0.2) is 170 Å². The lowest BCUT2D eigenvalue weighted by molar-refractivity contribution is 0.591. The van der Waals surface area contributed by atoms with Gasteiger partial charge in [-0.15, -0.1) is 0 Å². The van der Waals surface area contributed by atoms with E-state index in [-0.39, 0.29) is 21.7 Å². The molecular weight excluding hydrogens is 815 g/mol. The summed E-state index contributed by atoms with van der Waals surface area (Å²) in [6.07, 6.45) is 1.90. The summed E-state index contributed by atoms with van der Waals surface area (Å²) >= 11 is 0. The minimum atomic E-state index is -0.282. The van der Waals surface area contributed by atoms with Crippen LogP contribution in [0.3, 0.4) is 0 Å². The molecule has 0 saturated heterocycles. The summed E-state index contributed by atoms with van der Waals surface area (Å²) in [7, 11) is 0. The second-order valence-corrected chi connectivity index (χ2v) is 21.7. The van der Waals surface area contributed by atoms with Gasteiger partial charge in [-0.3, -0.25) is 9.47 Å². The Balaban J connectivity index is 1.14. The number of anilines is 3. The quantitative estimate of drug-likeness (QED) is 0.181. The number of pyridine rings is 1. The first-order valence-electron chi connectivity index (χ1n) is 23.7. The zero-order chi connectivity index (χ0) is 46.6. The molecule has 0 unspecified atom stereocenters. The van der Waals surface area contributed by atoms with Gasteiger partial charge >= 0.3 is 0 Å². The van der Waals surface area contributed by atoms with Gasteiger partial charge in [-0.2, -0.15) is 0 Å². The highest BCUT2D eigenvalue weighted by Crippen LogP contribution is 2.54. The molecule has 1 aliphatic rings. The van der Waals surface area contributed by atoms with Crippen molar-refractivity contribution in [3.63, 3.8) is 0 Å². The number of nitrogens with zero attached hydrogens (tertiary/aromatic N) is 4. The number of fused-ring (bicyclic) bond motifs is 6. The van der Waals surface area contributed by atoms with E-state index < -0.39 is 0 Å². The maximum absolute atomic E-state index is 5.74. The number of H-pyrrole nitrogens is 1. The number of imidazole rings is 1. The SMILES string of the molecule is CC(C)(C)c1ccc2[nH]c3c(-c4nc5c(-c6ccc7c(c6)N(c6ccccn6)c6cc(C(C)(C)c8ccccc8)ccc6C7(C)C)cccc5n4-c4ccccc4)ccc(C(C)(C)C)c3c2c1. The highest BCUT2D eigenvalue weighted by atomic mass is 15.2. The fraction of sp³-hybridized carbons (Fsp3) is 0.226. The molecule has 5 heteroatoms. The number of para-hydroxylation sites is 2. The maximum Gasteiger partial charge on any atom is 0.147 e. The number of nitrogens with one attached hydrogen (secondary N) is 1. The fourth-order valence-electron chi connectivity index (χ4n) is 10.7. The van der Waals surface area contributed by atoms with Crippen LogP contribution in [0, 0.1) is 0 Å². The van der Waals surface area contributed by atoms with Gasteiger partial charge in [0.1, 0.15) is 11.6 Å². The molecule has 7 aromatic carbocycles. The molecule has 0 bridgehead atoms. The van der Waals surface area contributed by atoms with Crippen molar-refractivity contribution in [3.05, 3.63) is 203 Å². The smallest absolute Gasteiger partial charge is 0.147 e. The van der Waals surface area contributed by atoms with Crippen molar-refractivity contribution in [2.75, 3.05) is 4.90 Å². The van der Waals surface area contributed by atoms with Crippen molar-refractivity contribution in [3.8, 4) is 28.2 Å². The van der Waals surface area contributed by atoms with Crippen LogP contribution in [-0.4, -0.2) is 19.5 Å². The summed E-state index contributed by atoms with van der Waals surface area (Å²) in [6.45, 7) is 23.2. The van der Waals surface area contributed by atoms with E-state index in [1.54, 1.807) is 0 Å². The predicted molar refractivity (Wildman–Crippen MR) is 282 cm³/mol. The molecule has 5 nitrogen and oxygen atoms in total. The molecular formula is C62H59N5. The molecule has 332 valence electrons. The second kappa shape index (κ2) is 15.1. The number of aromatic nitrogens is 4. The molecule has 0 fully saturated rings. The molecule has 0 atom stereocenters. The first-order chi connectivity index (χ1) is 32.0. The third-order valence-electron chi connectivity index (χ3n) is 14.6. The molecule has 4 heterocycles. The number of rotatable bonds is 6. The van der Waals surface area contributed by atoms with E-state index in [0.717, 1.165) is 67.5 Å². The van der Waals surface area contributed by atoms with Crippen LogP contribution in [0.5, 0.6) is 0 Å². The first kappa shape index (κ1) is 42.4. The van der Waals surface area contributed by atoms with Gasteiger partial charge in [0.15, 0.2) is 0 Å². The van der Waals surface area contributed by atoms with E-state index >= 15 is 0 Å². The molecule has 0 saturated carbocycles. The van der Waals surface area contributed by atoms with Gasteiger partial charge in [0.25, 0.3) is 0 Å². The van der Waals surface area contributed by atoms with Crippen LogP contribution in [0.4, 0.5) is 17.2 Å². The molecule has 3 aromatic heterocycles. The normalized spacial score (nSPS) is 13.9. The topological polar surface area (TPSA) is 49.7 Å². The van der Waals surface area contributed by atoms with E-state index in [4.69, 9.17) is 9.97 Å². The lowest BCUT2D eigenvalue weighted by atomic mass is 9.71. The average Bonchev–Trinajstić information content (AvgIpc) is 3.90. The molecule has 67 heavy (non-hydrogen) atoms. The molecule has 0 aliphatic carbocycles. The van der Waals surface area contributed by atoms with Gasteiger partial charge in [-0.05, 0) is 110 Å². The summed E-state index contributed by atoms with van der Waals surface area (Å²) < 4.78 is 2.35.